The molecule has 0 atom stereocenters. The molecule has 4 aromatic rings. The highest BCUT2D eigenvalue weighted by molar-refractivity contribution is 6.36. The van der Waals surface area contributed by atoms with Gasteiger partial charge in [0.2, 0.25) is 0 Å². The van der Waals surface area contributed by atoms with E-state index in [0.717, 1.165) is 16.8 Å². The number of nitrogens with zero attached hydrogens (tertiary/aromatic N) is 3. The second-order valence-electron chi connectivity index (χ2n) is 6.28. The van der Waals surface area contributed by atoms with Crippen molar-refractivity contribution in [3.63, 3.8) is 0 Å². The van der Waals surface area contributed by atoms with Crippen LogP contribution >= 0.6 is 23.2 Å². The van der Waals surface area contributed by atoms with E-state index < -0.39 is 17.3 Å². The molecule has 10 heteroatoms. The molecule has 0 bridgehead atoms. The number of nitrogens with one attached hydrogen (secondary N) is 1. The zero-order valence-electron chi connectivity index (χ0n) is 14.8. The second kappa shape index (κ2) is 7.20. The standard InChI is InChI=1S/C20H9Cl2F3N4O/c21-10-5-6-12(16(22)7-10)17-13(8-26)18-27-9-14(19(30)29(18)28-17)11-3-1-2-4-15(11)20(23,24)25/h1-7,9,28H. The molecule has 5 nitrogen and oxygen atoms in total. The van der Waals surface area contributed by atoms with Gasteiger partial charge in [0, 0.05) is 22.3 Å². The van der Waals surface area contributed by atoms with Crippen LogP contribution in [0.25, 0.3) is 28.0 Å². The number of nitriles is 1. The van der Waals surface area contributed by atoms with Gasteiger partial charge in [-0.05, 0) is 24.3 Å². The molecule has 0 radical (unpaired) electrons. The summed E-state index contributed by atoms with van der Waals surface area (Å²) < 4.78 is 41.1. The molecular weight excluding hydrogens is 440 g/mol. The van der Waals surface area contributed by atoms with Gasteiger partial charge in [-0.25, -0.2) is 4.98 Å². The van der Waals surface area contributed by atoms with Gasteiger partial charge in [-0.3, -0.25) is 9.89 Å². The summed E-state index contributed by atoms with van der Waals surface area (Å²) in [5.41, 5.74) is -1.74. The van der Waals surface area contributed by atoms with Crippen molar-refractivity contribution in [3.05, 3.63) is 80.2 Å². The summed E-state index contributed by atoms with van der Waals surface area (Å²) in [6, 6.07) is 11.2. The van der Waals surface area contributed by atoms with Gasteiger partial charge in [-0.15, -0.1) is 0 Å². The molecule has 0 aliphatic heterocycles. The number of rotatable bonds is 2. The average molecular weight is 449 g/mol. The first-order valence-electron chi connectivity index (χ1n) is 8.38. The Morgan fingerprint density at radius 2 is 1.80 bits per heavy atom. The third-order valence-corrected chi connectivity index (χ3v) is 5.04. The third kappa shape index (κ3) is 3.22. The van der Waals surface area contributed by atoms with Gasteiger partial charge in [0.15, 0.2) is 5.65 Å². The van der Waals surface area contributed by atoms with E-state index in [1.807, 2.05) is 6.07 Å². The summed E-state index contributed by atoms with van der Waals surface area (Å²) >= 11 is 12.1. The average Bonchev–Trinajstić information content (AvgIpc) is 3.07. The second-order valence-corrected chi connectivity index (χ2v) is 7.12. The van der Waals surface area contributed by atoms with Crippen LogP contribution in [0.5, 0.6) is 0 Å². The molecule has 0 aliphatic carbocycles. The fraction of sp³-hybridized carbons (Fsp3) is 0.0500. The van der Waals surface area contributed by atoms with Crippen LogP contribution in [0.3, 0.4) is 0 Å². The first kappa shape index (κ1) is 20.0. The number of fused-ring (bicyclic) bond motifs is 1. The zero-order valence-corrected chi connectivity index (χ0v) is 16.3. The van der Waals surface area contributed by atoms with E-state index in [1.165, 1.54) is 24.3 Å². The zero-order chi connectivity index (χ0) is 21.6. The minimum Gasteiger partial charge on any atom is -0.287 e. The molecule has 0 saturated heterocycles. The maximum atomic E-state index is 13.4. The Balaban J connectivity index is 2.01. The van der Waals surface area contributed by atoms with Crippen molar-refractivity contribution in [1.82, 2.24) is 14.6 Å². The Kier molecular flexibility index (Phi) is 4.80. The van der Waals surface area contributed by atoms with Gasteiger partial charge in [-0.1, -0.05) is 41.4 Å². The topological polar surface area (TPSA) is 73.9 Å². The van der Waals surface area contributed by atoms with E-state index in [4.69, 9.17) is 23.2 Å². The lowest BCUT2D eigenvalue weighted by molar-refractivity contribution is -0.137. The number of halogens is 5. The summed E-state index contributed by atoms with van der Waals surface area (Å²) in [5.74, 6) is 0. The van der Waals surface area contributed by atoms with Gasteiger partial charge >= 0.3 is 6.18 Å². The predicted molar refractivity (Wildman–Crippen MR) is 106 cm³/mol. The van der Waals surface area contributed by atoms with Crippen LogP contribution in [0, 0.1) is 11.3 Å². The lowest BCUT2D eigenvalue weighted by Gasteiger charge is -2.12. The van der Waals surface area contributed by atoms with E-state index in [2.05, 4.69) is 10.1 Å². The van der Waals surface area contributed by atoms with Gasteiger partial charge in [0.05, 0.1) is 21.8 Å². The Labute approximate surface area is 176 Å². The summed E-state index contributed by atoms with van der Waals surface area (Å²) in [6.07, 6.45) is -3.62. The molecule has 30 heavy (non-hydrogen) atoms. The minimum absolute atomic E-state index is 0.0204. The monoisotopic (exact) mass is 448 g/mol. The molecule has 150 valence electrons. The van der Waals surface area contributed by atoms with E-state index in [1.54, 1.807) is 12.1 Å². The van der Waals surface area contributed by atoms with Crippen LogP contribution in [-0.4, -0.2) is 14.6 Å². The van der Waals surface area contributed by atoms with Crippen molar-refractivity contribution in [1.29, 1.82) is 5.26 Å². The number of aromatic nitrogens is 3. The SMILES string of the molecule is N#Cc1c(-c2ccc(Cl)cc2Cl)[nH]n2c(=O)c(-c3ccccc3C(F)(F)F)cnc12. The first-order chi connectivity index (χ1) is 14.2. The molecule has 0 aliphatic rings. The van der Waals surface area contributed by atoms with Gasteiger partial charge < -0.3 is 0 Å². The van der Waals surface area contributed by atoms with Crippen molar-refractivity contribution < 1.29 is 13.2 Å². The number of alkyl halides is 3. The van der Waals surface area contributed by atoms with E-state index in [0.29, 0.717) is 10.6 Å². The van der Waals surface area contributed by atoms with Crippen LogP contribution in [0.1, 0.15) is 11.1 Å². The third-order valence-electron chi connectivity index (χ3n) is 4.49. The fourth-order valence-corrected chi connectivity index (χ4v) is 3.66. The lowest BCUT2D eigenvalue weighted by Crippen LogP contribution is -2.19. The molecular formula is C20H9Cl2F3N4O. The number of aromatic amines is 1. The maximum Gasteiger partial charge on any atom is 0.417 e. The number of hydrogen-bond acceptors (Lipinski definition) is 3. The Bertz CT molecular complexity index is 1400. The molecule has 2 heterocycles. The van der Waals surface area contributed by atoms with E-state index in [9.17, 15) is 23.2 Å². The highest BCUT2D eigenvalue weighted by Gasteiger charge is 2.34. The highest BCUT2D eigenvalue weighted by atomic mass is 35.5. The quantitative estimate of drug-likeness (QED) is 0.436. The molecule has 4 rings (SSSR count). The number of benzene rings is 2. The summed E-state index contributed by atoms with van der Waals surface area (Å²) in [4.78, 5) is 17.1. The largest absolute Gasteiger partial charge is 0.417 e. The predicted octanol–water partition coefficient (Wildman–Crippen LogP) is 5.55. The minimum atomic E-state index is -4.65. The maximum absolute atomic E-state index is 13.4. The molecule has 0 fully saturated rings. The van der Waals surface area contributed by atoms with Gasteiger partial charge in [0.1, 0.15) is 11.6 Å². The summed E-state index contributed by atoms with van der Waals surface area (Å²) in [7, 11) is 0. The molecule has 1 N–H and O–H groups in total. The lowest BCUT2D eigenvalue weighted by atomic mass is 10.0. The molecule has 2 aromatic heterocycles. The number of H-pyrrole nitrogens is 1. The molecule has 2 aromatic carbocycles. The highest BCUT2D eigenvalue weighted by Crippen LogP contribution is 2.36. The van der Waals surface area contributed by atoms with Crippen LogP contribution in [0.2, 0.25) is 10.0 Å². The molecule has 0 unspecified atom stereocenters. The van der Waals surface area contributed by atoms with Crippen LogP contribution < -0.4 is 5.56 Å². The molecule has 0 saturated carbocycles. The van der Waals surface area contributed by atoms with Crippen molar-refractivity contribution in [2.75, 3.05) is 0 Å². The van der Waals surface area contributed by atoms with Crippen molar-refractivity contribution in [3.8, 4) is 28.5 Å². The van der Waals surface area contributed by atoms with Gasteiger partial charge in [0.25, 0.3) is 5.56 Å². The number of hydrogen-bond donors (Lipinski definition) is 1. The Morgan fingerprint density at radius 1 is 1.07 bits per heavy atom. The van der Waals surface area contributed by atoms with E-state index in [-0.39, 0.29) is 33.1 Å². The van der Waals surface area contributed by atoms with Crippen molar-refractivity contribution >= 4 is 28.8 Å². The van der Waals surface area contributed by atoms with Gasteiger partial charge in [-0.2, -0.15) is 22.9 Å². The Morgan fingerprint density at radius 3 is 2.47 bits per heavy atom. The fourth-order valence-electron chi connectivity index (χ4n) is 3.16. The summed E-state index contributed by atoms with van der Waals surface area (Å²) in [6.45, 7) is 0. The van der Waals surface area contributed by atoms with E-state index >= 15 is 0 Å². The summed E-state index contributed by atoms with van der Waals surface area (Å²) in [5, 5.41) is 12.9. The smallest absolute Gasteiger partial charge is 0.287 e. The van der Waals surface area contributed by atoms with Crippen molar-refractivity contribution in [2.45, 2.75) is 6.18 Å². The van der Waals surface area contributed by atoms with Crippen LogP contribution in [0.15, 0.2) is 53.5 Å². The molecule has 0 amide bonds. The van der Waals surface area contributed by atoms with Crippen LogP contribution in [0.4, 0.5) is 13.2 Å². The molecule has 0 spiro atoms. The normalized spacial score (nSPS) is 11.6. The first-order valence-corrected chi connectivity index (χ1v) is 9.14. The van der Waals surface area contributed by atoms with Crippen molar-refractivity contribution in [2.24, 2.45) is 0 Å². The van der Waals surface area contributed by atoms with Crippen LogP contribution in [-0.2, 0) is 6.18 Å². The Hall–Kier alpha value is -3.28.